The SMILES string of the molecule is CCCNCC1CCCCC1Cc1ccncc1Cl. The van der Waals surface area contributed by atoms with Crippen LogP contribution in [0.4, 0.5) is 0 Å². The van der Waals surface area contributed by atoms with E-state index in [0.717, 1.165) is 29.8 Å². The van der Waals surface area contributed by atoms with E-state index in [0.29, 0.717) is 0 Å². The van der Waals surface area contributed by atoms with Gasteiger partial charge in [0.2, 0.25) is 0 Å². The fraction of sp³-hybridized carbons (Fsp3) is 0.688. The minimum absolute atomic E-state index is 0.776. The number of halogens is 1. The summed E-state index contributed by atoms with van der Waals surface area (Å²) in [5, 5.41) is 4.42. The van der Waals surface area contributed by atoms with Gasteiger partial charge in [-0.15, -0.1) is 0 Å². The van der Waals surface area contributed by atoms with E-state index < -0.39 is 0 Å². The average Bonchev–Trinajstić information content (AvgIpc) is 2.43. The molecule has 0 radical (unpaired) electrons. The Labute approximate surface area is 122 Å². The molecular formula is C16H25ClN2. The fourth-order valence-corrected chi connectivity index (χ4v) is 3.33. The molecule has 1 aromatic heterocycles. The topological polar surface area (TPSA) is 24.9 Å². The molecular weight excluding hydrogens is 256 g/mol. The van der Waals surface area contributed by atoms with Crippen molar-refractivity contribution >= 4 is 11.6 Å². The number of hydrogen-bond donors (Lipinski definition) is 1. The van der Waals surface area contributed by atoms with Gasteiger partial charge in [-0.1, -0.05) is 31.4 Å². The Balaban J connectivity index is 1.93. The quantitative estimate of drug-likeness (QED) is 0.794. The number of rotatable bonds is 6. The number of hydrogen-bond acceptors (Lipinski definition) is 2. The van der Waals surface area contributed by atoms with Gasteiger partial charge in [-0.3, -0.25) is 4.98 Å². The molecule has 0 saturated heterocycles. The molecule has 0 amide bonds. The van der Waals surface area contributed by atoms with E-state index >= 15 is 0 Å². The number of nitrogens with zero attached hydrogens (tertiary/aromatic N) is 1. The Morgan fingerprint density at radius 1 is 1.32 bits per heavy atom. The first kappa shape index (κ1) is 14.8. The molecule has 0 aliphatic heterocycles. The van der Waals surface area contributed by atoms with Gasteiger partial charge in [0.1, 0.15) is 0 Å². The molecule has 3 heteroatoms. The van der Waals surface area contributed by atoms with Gasteiger partial charge in [0, 0.05) is 12.4 Å². The first-order chi connectivity index (χ1) is 9.31. The van der Waals surface area contributed by atoms with Crippen molar-refractivity contribution in [3.8, 4) is 0 Å². The molecule has 2 atom stereocenters. The Kier molecular flexibility index (Phi) is 6.12. The summed E-state index contributed by atoms with van der Waals surface area (Å²) in [6, 6.07) is 2.08. The van der Waals surface area contributed by atoms with Crippen LogP contribution in [0.15, 0.2) is 18.5 Å². The van der Waals surface area contributed by atoms with Crippen LogP contribution in [-0.2, 0) is 6.42 Å². The molecule has 2 rings (SSSR count). The summed E-state index contributed by atoms with van der Waals surface area (Å²) in [4.78, 5) is 4.07. The molecule has 0 bridgehead atoms. The lowest BCUT2D eigenvalue weighted by atomic mass is 9.76. The number of nitrogens with one attached hydrogen (secondary N) is 1. The van der Waals surface area contributed by atoms with E-state index in [4.69, 9.17) is 11.6 Å². The van der Waals surface area contributed by atoms with E-state index in [9.17, 15) is 0 Å². The molecule has 1 aliphatic rings. The maximum absolute atomic E-state index is 6.24. The molecule has 19 heavy (non-hydrogen) atoms. The van der Waals surface area contributed by atoms with Crippen LogP contribution >= 0.6 is 11.6 Å². The number of pyridine rings is 1. The van der Waals surface area contributed by atoms with Crippen molar-refractivity contribution in [2.75, 3.05) is 13.1 Å². The summed E-state index contributed by atoms with van der Waals surface area (Å²) in [7, 11) is 0. The van der Waals surface area contributed by atoms with Crippen LogP contribution in [0.5, 0.6) is 0 Å². The second-order valence-electron chi connectivity index (χ2n) is 5.68. The Hall–Kier alpha value is -0.600. The van der Waals surface area contributed by atoms with Gasteiger partial charge in [-0.2, -0.15) is 0 Å². The monoisotopic (exact) mass is 280 g/mol. The summed E-state index contributed by atoms with van der Waals surface area (Å²) in [6.07, 6.45) is 11.4. The second-order valence-corrected chi connectivity index (χ2v) is 6.09. The maximum atomic E-state index is 6.24. The summed E-state index contributed by atoms with van der Waals surface area (Å²) in [6.45, 7) is 4.53. The Morgan fingerprint density at radius 3 is 2.84 bits per heavy atom. The van der Waals surface area contributed by atoms with Crippen LogP contribution < -0.4 is 5.32 Å². The van der Waals surface area contributed by atoms with Crippen molar-refractivity contribution < 1.29 is 0 Å². The van der Waals surface area contributed by atoms with Gasteiger partial charge in [-0.05, 0) is 62.2 Å². The Bertz CT molecular complexity index is 381. The smallest absolute Gasteiger partial charge is 0.0621 e. The van der Waals surface area contributed by atoms with Gasteiger partial charge >= 0.3 is 0 Å². The molecule has 1 saturated carbocycles. The third-order valence-corrected chi connectivity index (χ3v) is 4.58. The highest BCUT2D eigenvalue weighted by Gasteiger charge is 2.25. The summed E-state index contributed by atoms with van der Waals surface area (Å²) in [5.41, 5.74) is 1.27. The number of aromatic nitrogens is 1. The van der Waals surface area contributed by atoms with Gasteiger partial charge in [0.15, 0.2) is 0 Å². The van der Waals surface area contributed by atoms with Crippen LogP contribution in [0.25, 0.3) is 0 Å². The largest absolute Gasteiger partial charge is 0.316 e. The highest BCUT2D eigenvalue weighted by atomic mass is 35.5. The van der Waals surface area contributed by atoms with Crippen LogP contribution in [-0.4, -0.2) is 18.1 Å². The first-order valence-electron chi connectivity index (χ1n) is 7.60. The van der Waals surface area contributed by atoms with Crippen LogP contribution in [0, 0.1) is 11.8 Å². The molecule has 0 spiro atoms. The summed E-state index contributed by atoms with van der Waals surface area (Å²) in [5.74, 6) is 1.59. The Morgan fingerprint density at radius 2 is 2.11 bits per heavy atom. The highest BCUT2D eigenvalue weighted by Crippen LogP contribution is 2.33. The van der Waals surface area contributed by atoms with E-state index in [-0.39, 0.29) is 0 Å². The van der Waals surface area contributed by atoms with Crippen molar-refractivity contribution in [1.29, 1.82) is 0 Å². The third kappa shape index (κ3) is 4.47. The predicted molar refractivity (Wildman–Crippen MR) is 81.6 cm³/mol. The van der Waals surface area contributed by atoms with Gasteiger partial charge < -0.3 is 5.32 Å². The summed E-state index contributed by atoms with van der Waals surface area (Å²) >= 11 is 6.24. The van der Waals surface area contributed by atoms with Gasteiger partial charge in [0.05, 0.1) is 5.02 Å². The predicted octanol–water partition coefficient (Wildman–Crippen LogP) is 4.08. The summed E-state index contributed by atoms with van der Waals surface area (Å²) < 4.78 is 0. The zero-order chi connectivity index (χ0) is 13.5. The molecule has 1 fully saturated rings. The molecule has 2 nitrogen and oxygen atoms in total. The maximum Gasteiger partial charge on any atom is 0.0621 e. The van der Waals surface area contributed by atoms with Crippen LogP contribution in [0.2, 0.25) is 5.02 Å². The lowest BCUT2D eigenvalue weighted by Crippen LogP contribution is -2.32. The second kappa shape index (κ2) is 7.86. The van der Waals surface area contributed by atoms with E-state index in [1.807, 2.05) is 6.20 Å². The van der Waals surface area contributed by atoms with Crippen LogP contribution in [0.1, 0.15) is 44.6 Å². The fourth-order valence-electron chi connectivity index (χ4n) is 3.14. The first-order valence-corrected chi connectivity index (χ1v) is 7.98. The molecule has 1 aromatic rings. The third-order valence-electron chi connectivity index (χ3n) is 4.24. The van der Waals surface area contributed by atoms with Crippen molar-refractivity contribution in [3.63, 3.8) is 0 Å². The molecule has 106 valence electrons. The zero-order valence-electron chi connectivity index (χ0n) is 11.9. The normalized spacial score (nSPS) is 23.5. The standard InChI is InChI=1S/C16H25ClN2/c1-2-8-18-11-15-6-4-3-5-13(15)10-14-7-9-19-12-16(14)17/h7,9,12-13,15,18H,2-6,8,10-11H2,1H3. The molecule has 2 unspecified atom stereocenters. The molecule has 1 aliphatic carbocycles. The zero-order valence-corrected chi connectivity index (χ0v) is 12.6. The van der Waals surface area contributed by atoms with Crippen molar-refractivity contribution in [3.05, 3.63) is 29.0 Å². The van der Waals surface area contributed by atoms with Gasteiger partial charge in [0.25, 0.3) is 0 Å². The molecule has 1 N–H and O–H groups in total. The van der Waals surface area contributed by atoms with Crippen molar-refractivity contribution in [2.24, 2.45) is 11.8 Å². The van der Waals surface area contributed by atoms with E-state index in [1.54, 1.807) is 6.20 Å². The molecule has 0 aromatic carbocycles. The van der Waals surface area contributed by atoms with E-state index in [1.165, 1.54) is 44.2 Å². The lowest BCUT2D eigenvalue weighted by molar-refractivity contribution is 0.229. The van der Waals surface area contributed by atoms with Gasteiger partial charge in [-0.25, -0.2) is 0 Å². The minimum atomic E-state index is 0.776. The lowest BCUT2D eigenvalue weighted by Gasteiger charge is -2.32. The van der Waals surface area contributed by atoms with Crippen molar-refractivity contribution in [1.82, 2.24) is 10.3 Å². The van der Waals surface area contributed by atoms with Crippen molar-refractivity contribution in [2.45, 2.75) is 45.4 Å². The highest BCUT2D eigenvalue weighted by molar-refractivity contribution is 6.31. The van der Waals surface area contributed by atoms with Crippen LogP contribution in [0.3, 0.4) is 0 Å². The minimum Gasteiger partial charge on any atom is -0.316 e. The molecule has 1 heterocycles. The average molecular weight is 281 g/mol. The van der Waals surface area contributed by atoms with E-state index in [2.05, 4.69) is 23.3 Å².